The van der Waals surface area contributed by atoms with Crippen molar-refractivity contribution in [3.05, 3.63) is 0 Å². The summed E-state index contributed by atoms with van der Waals surface area (Å²) >= 11 is 0. The summed E-state index contributed by atoms with van der Waals surface area (Å²) in [5.41, 5.74) is 0. The van der Waals surface area contributed by atoms with E-state index in [4.69, 9.17) is 0 Å². The van der Waals surface area contributed by atoms with Gasteiger partial charge in [-0.25, -0.2) is 4.79 Å². The maximum atomic E-state index is 10.5. The van der Waals surface area contributed by atoms with E-state index < -0.39 is 0 Å². The minimum atomic E-state index is -0.358. The lowest BCUT2D eigenvalue weighted by atomic mass is 10.4. The van der Waals surface area contributed by atoms with E-state index in [1.165, 1.54) is 7.11 Å². The van der Waals surface area contributed by atoms with Crippen molar-refractivity contribution in [3.63, 3.8) is 0 Å². The van der Waals surface area contributed by atoms with Crippen LogP contribution in [-0.2, 0) is 4.74 Å². The molecule has 0 heterocycles. The van der Waals surface area contributed by atoms with Crippen LogP contribution in [0.4, 0.5) is 4.79 Å². The van der Waals surface area contributed by atoms with Gasteiger partial charge in [-0.1, -0.05) is 0 Å². The van der Waals surface area contributed by atoms with Crippen molar-refractivity contribution in [1.82, 2.24) is 10.2 Å². The molecule has 0 atom stereocenters. The molecular formula is C7H16N2O2. The quantitative estimate of drug-likeness (QED) is 0.601. The third-order valence-electron chi connectivity index (χ3n) is 1.24. The van der Waals surface area contributed by atoms with Gasteiger partial charge in [0.15, 0.2) is 0 Å². The minimum Gasteiger partial charge on any atom is -0.453 e. The van der Waals surface area contributed by atoms with E-state index in [0.29, 0.717) is 6.54 Å². The SMILES string of the molecule is COC(=O)NCCCN(C)C. The standard InChI is InChI=1S/C7H16N2O2/c1-9(2)6-4-5-8-7(10)11-3/h4-6H2,1-3H3,(H,8,10). The van der Waals surface area contributed by atoms with Crippen LogP contribution >= 0.6 is 0 Å². The van der Waals surface area contributed by atoms with E-state index in [2.05, 4.69) is 15.0 Å². The molecule has 0 spiro atoms. The van der Waals surface area contributed by atoms with Gasteiger partial charge < -0.3 is 15.0 Å². The van der Waals surface area contributed by atoms with Crippen LogP contribution in [0.5, 0.6) is 0 Å². The van der Waals surface area contributed by atoms with Crippen LogP contribution in [0.1, 0.15) is 6.42 Å². The Labute approximate surface area is 67.5 Å². The van der Waals surface area contributed by atoms with Crippen molar-refractivity contribution in [2.45, 2.75) is 6.42 Å². The number of alkyl carbamates (subject to hydrolysis) is 1. The van der Waals surface area contributed by atoms with E-state index in [1.54, 1.807) is 0 Å². The Kier molecular flexibility index (Phi) is 5.56. The summed E-state index contributed by atoms with van der Waals surface area (Å²) < 4.78 is 4.39. The largest absolute Gasteiger partial charge is 0.453 e. The number of nitrogens with one attached hydrogen (secondary N) is 1. The van der Waals surface area contributed by atoms with Crippen molar-refractivity contribution in [3.8, 4) is 0 Å². The average Bonchev–Trinajstić information content (AvgIpc) is 1.97. The predicted molar refractivity (Wildman–Crippen MR) is 43.6 cm³/mol. The molecule has 4 heteroatoms. The number of carbonyl (C=O) groups is 1. The smallest absolute Gasteiger partial charge is 0.406 e. The lowest BCUT2D eigenvalue weighted by Gasteiger charge is -2.08. The molecular weight excluding hydrogens is 144 g/mol. The molecule has 0 aliphatic rings. The monoisotopic (exact) mass is 160 g/mol. The maximum Gasteiger partial charge on any atom is 0.406 e. The first-order chi connectivity index (χ1) is 5.16. The summed E-state index contributed by atoms with van der Waals surface area (Å²) in [5, 5.41) is 2.60. The van der Waals surface area contributed by atoms with Crippen LogP contribution < -0.4 is 5.32 Å². The fourth-order valence-corrected chi connectivity index (χ4v) is 0.658. The Bertz CT molecular complexity index is 115. The van der Waals surface area contributed by atoms with E-state index in [-0.39, 0.29) is 6.09 Å². The fraction of sp³-hybridized carbons (Fsp3) is 0.857. The average molecular weight is 160 g/mol. The van der Waals surface area contributed by atoms with Crippen molar-refractivity contribution in [2.24, 2.45) is 0 Å². The molecule has 0 saturated heterocycles. The van der Waals surface area contributed by atoms with Gasteiger partial charge in [-0.05, 0) is 27.1 Å². The van der Waals surface area contributed by atoms with Gasteiger partial charge in [0.1, 0.15) is 0 Å². The zero-order valence-electron chi connectivity index (χ0n) is 7.39. The van der Waals surface area contributed by atoms with E-state index in [1.807, 2.05) is 14.1 Å². The lowest BCUT2D eigenvalue weighted by molar-refractivity contribution is 0.170. The molecule has 0 aromatic rings. The topological polar surface area (TPSA) is 41.6 Å². The number of methoxy groups -OCH3 is 1. The second-order valence-electron chi connectivity index (χ2n) is 2.58. The Hall–Kier alpha value is -0.770. The summed E-state index contributed by atoms with van der Waals surface area (Å²) in [4.78, 5) is 12.6. The Morgan fingerprint density at radius 2 is 2.18 bits per heavy atom. The van der Waals surface area contributed by atoms with E-state index >= 15 is 0 Å². The van der Waals surface area contributed by atoms with Gasteiger partial charge in [-0.3, -0.25) is 0 Å². The van der Waals surface area contributed by atoms with Gasteiger partial charge in [0.05, 0.1) is 7.11 Å². The third kappa shape index (κ3) is 7.12. The molecule has 1 amide bonds. The molecule has 0 aromatic heterocycles. The number of rotatable bonds is 4. The molecule has 0 saturated carbocycles. The number of hydrogen-bond donors (Lipinski definition) is 1. The van der Waals surface area contributed by atoms with Crippen LogP contribution in [-0.4, -0.2) is 45.3 Å². The van der Waals surface area contributed by atoms with Crippen molar-refractivity contribution in [1.29, 1.82) is 0 Å². The van der Waals surface area contributed by atoms with Crippen LogP contribution in [0.25, 0.3) is 0 Å². The number of hydrogen-bond acceptors (Lipinski definition) is 3. The summed E-state index contributed by atoms with van der Waals surface area (Å²) in [5.74, 6) is 0. The van der Waals surface area contributed by atoms with Crippen molar-refractivity contribution in [2.75, 3.05) is 34.3 Å². The number of carbonyl (C=O) groups excluding carboxylic acids is 1. The van der Waals surface area contributed by atoms with Gasteiger partial charge in [-0.2, -0.15) is 0 Å². The molecule has 0 aromatic carbocycles. The van der Waals surface area contributed by atoms with Gasteiger partial charge in [-0.15, -0.1) is 0 Å². The van der Waals surface area contributed by atoms with Gasteiger partial charge in [0, 0.05) is 6.54 Å². The summed E-state index contributed by atoms with van der Waals surface area (Å²) in [7, 11) is 5.36. The highest BCUT2D eigenvalue weighted by molar-refractivity contribution is 5.66. The van der Waals surface area contributed by atoms with Crippen LogP contribution in [0.3, 0.4) is 0 Å². The number of ether oxygens (including phenoxy) is 1. The molecule has 0 radical (unpaired) electrons. The first-order valence-corrected chi connectivity index (χ1v) is 3.63. The molecule has 0 aliphatic carbocycles. The van der Waals surface area contributed by atoms with Crippen LogP contribution in [0.2, 0.25) is 0 Å². The normalized spacial score (nSPS) is 9.82. The molecule has 0 rings (SSSR count). The van der Waals surface area contributed by atoms with E-state index in [0.717, 1.165) is 13.0 Å². The zero-order valence-corrected chi connectivity index (χ0v) is 7.39. The molecule has 0 bridgehead atoms. The Morgan fingerprint density at radius 1 is 1.55 bits per heavy atom. The molecule has 1 N–H and O–H groups in total. The molecule has 11 heavy (non-hydrogen) atoms. The molecule has 4 nitrogen and oxygen atoms in total. The predicted octanol–water partition coefficient (Wildman–Crippen LogP) is 0.294. The third-order valence-corrected chi connectivity index (χ3v) is 1.24. The van der Waals surface area contributed by atoms with Crippen LogP contribution in [0, 0.1) is 0 Å². The molecule has 66 valence electrons. The van der Waals surface area contributed by atoms with Gasteiger partial charge in [0.25, 0.3) is 0 Å². The maximum absolute atomic E-state index is 10.5. The minimum absolute atomic E-state index is 0.358. The zero-order chi connectivity index (χ0) is 8.69. The first-order valence-electron chi connectivity index (χ1n) is 3.63. The molecule has 0 aliphatic heterocycles. The lowest BCUT2D eigenvalue weighted by Crippen LogP contribution is -2.26. The Balaban J connectivity index is 3.08. The molecule has 0 unspecified atom stereocenters. The van der Waals surface area contributed by atoms with E-state index in [9.17, 15) is 4.79 Å². The second-order valence-corrected chi connectivity index (χ2v) is 2.58. The highest BCUT2D eigenvalue weighted by atomic mass is 16.5. The first kappa shape index (κ1) is 10.2. The number of nitrogens with zero attached hydrogens (tertiary/aromatic N) is 1. The summed E-state index contributed by atoms with van der Waals surface area (Å²) in [6, 6.07) is 0. The highest BCUT2D eigenvalue weighted by Gasteiger charge is 1.96. The Morgan fingerprint density at radius 3 is 2.64 bits per heavy atom. The molecule has 0 fully saturated rings. The van der Waals surface area contributed by atoms with Crippen LogP contribution in [0.15, 0.2) is 0 Å². The highest BCUT2D eigenvalue weighted by Crippen LogP contribution is 1.81. The second kappa shape index (κ2) is 5.97. The summed E-state index contributed by atoms with van der Waals surface area (Å²) in [6.45, 7) is 1.65. The van der Waals surface area contributed by atoms with Gasteiger partial charge >= 0.3 is 6.09 Å². The fourth-order valence-electron chi connectivity index (χ4n) is 0.658. The summed E-state index contributed by atoms with van der Waals surface area (Å²) in [6.07, 6.45) is 0.589. The van der Waals surface area contributed by atoms with Crippen molar-refractivity contribution < 1.29 is 9.53 Å². The number of amides is 1. The van der Waals surface area contributed by atoms with Crippen molar-refractivity contribution >= 4 is 6.09 Å². The van der Waals surface area contributed by atoms with Gasteiger partial charge in [0.2, 0.25) is 0 Å².